The van der Waals surface area contributed by atoms with Gasteiger partial charge in [-0.15, -0.1) is 0 Å². The molecular weight excluding hydrogens is 226 g/mol. The number of nitrogens with zero attached hydrogens (tertiary/aromatic N) is 1. The highest BCUT2D eigenvalue weighted by Crippen LogP contribution is 2.14. The molecule has 0 saturated heterocycles. The Bertz CT molecular complexity index is 508. The molecule has 0 aliphatic rings. The summed E-state index contributed by atoms with van der Waals surface area (Å²) in [5.74, 6) is -0.0638. The Hall–Kier alpha value is -2.36. The first-order valence-corrected chi connectivity index (χ1v) is 5.74. The quantitative estimate of drug-likeness (QED) is 0.865. The number of amides is 1. The first-order valence-electron chi connectivity index (χ1n) is 5.74. The largest absolute Gasteiger partial charge is 0.381 e. The van der Waals surface area contributed by atoms with Crippen LogP contribution in [0.5, 0.6) is 0 Å². The first-order chi connectivity index (χ1) is 8.74. The number of aromatic nitrogens is 1. The monoisotopic (exact) mass is 241 g/mol. The van der Waals surface area contributed by atoms with Gasteiger partial charge in [0.1, 0.15) is 0 Å². The molecule has 1 heterocycles. The molecule has 92 valence electrons. The van der Waals surface area contributed by atoms with E-state index in [1.54, 1.807) is 6.20 Å². The van der Waals surface area contributed by atoms with Gasteiger partial charge in [0.25, 0.3) is 0 Å². The lowest BCUT2D eigenvalue weighted by Gasteiger charge is -2.07. The maximum absolute atomic E-state index is 10.9. The van der Waals surface area contributed by atoms with Gasteiger partial charge in [-0.05, 0) is 35.9 Å². The molecule has 1 aromatic heterocycles. The minimum atomic E-state index is -0.0638. The number of benzene rings is 1. The van der Waals surface area contributed by atoms with E-state index >= 15 is 0 Å². The standard InChI is InChI=1S/C14H15N3O/c1-11(18)17-14-6-4-13(5-7-14)16-10-12-3-2-8-15-9-12/h2-9,16H,10H2,1H3,(H,17,18). The third kappa shape index (κ3) is 3.59. The van der Waals surface area contributed by atoms with Gasteiger partial charge in [0.05, 0.1) is 0 Å². The van der Waals surface area contributed by atoms with Crippen molar-refractivity contribution < 1.29 is 4.79 Å². The molecule has 0 aliphatic heterocycles. The highest BCUT2D eigenvalue weighted by molar-refractivity contribution is 5.88. The topological polar surface area (TPSA) is 54.0 Å². The Morgan fingerprint density at radius 2 is 1.89 bits per heavy atom. The lowest BCUT2D eigenvalue weighted by atomic mass is 10.2. The number of nitrogens with one attached hydrogen (secondary N) is 2. The molecule has 2 rings (SSSR count). The number of hydrogen-bond donors (Lipinski definition) is 2. The first kappa shape index (κ1) is 12.1. The molecule has 0 spiro atoms. The van der Waals surface area contributed by atoms with Gasteiger partial charge in [-0.25, -0.2) is 0 Å². The summed E-state index contributed by atoms with van der Waals surface area (Å²) in [7, 11) is 0. The SMILES string of the molecule is CC(=O)Nc1ccc(NCc2cccnc2)cc1. The Morgan fingerprint density at radius 3 is 2.50 bits per heavy atom. The summed E-state index contributed by atoms with van der Waals surface area (Å²) in [5.41, 5.74) is 2.94. The van der Waals surface area contributed by atoms with Crippen molar-refractivity contribution in [2.24, 2.45) is 0 Å². The van der Waals surface area contributed by atoms with Gasteiger partial charge in [0.15, 0.2) is 0 Å². The van der Waals surface area contributed by atoms with Crippen LogP contribution in [0.4, 0.5) is 11.4 Å². The number of anilines is 2. The third-order valence-electron chi connectivity index (χ3n) is 2.42. The van der Waals surface area contributed by atoms with Crippen LogP contribution in [0.1, 0.15) is 12.5 Å². The van der Waals surface area contributed by atoms with Gasteiger partial charge < -0.3 is 10.6 Å². The molecule has 2 aromatic rings. The van der Waals surface area contributed by atoms with E-state index in [0.29, 0.717) is 0 Å². The van der Waals surface area contributed by atoms with Gasteiger partial charge in [-0.3, -0.25) is 9.78 Å². The number of pyridine rings is 1. The van der Waals surface area contributed by atoms with Gasteiger partial charge in [-0.2, -0.15) is 0 Å². The summed E-state index contributed by atoms with van der Waals surface area (Å²) in [4.78, 5) is 14.9. The predicted octanol–water partition coefficient (Wildman–Crippen LogP) is 2.65. The van der Waals surface area contributed by atoms with E-state index in [1.165, 1.54) is 6.92 Å². The number of carbonyl (C=O) groups excluding carboxylic acids is 1. The summed E-state index contributed by atoms with van der Waals surface area (Å²) in [5, 5.41) is 6.02. The van der Waals surface area contributed by atoms with Crippen LogP contribution in [-0.4, -0.2) is 10.9 Å². The second kappa shape index (κ2) is 5.82. The predicted molar refractivity (Wildman–Crippen MR) is 72.3 cm³/mol. The van der Waals surface area contributed by atoms with Crippen LogP contribution in [0.2, 0.25) is 0 Å². The summed E-state index contributed by atoms with van der Waals surface area (Å²) in [6.07, 6.45) is 3.59. The highest BCUT2D eigenvalue weighted by atomic mass is 16.1. The Kier molecular flexibility index (Phi) is 3.91. The van der Waals surface area contributed by atoms with E-state index in [-0.39, 0.29) is 5.91 Å². The molecule has 0 aliphatic carbocycles. The molecule has 0 bridgehead atoms. The molecule has 4 heteroatoms. The normalized spacial score (nSPS) is 9.83. The van der Waals surface area contributed by atoms with Crippen molar-refractivity contribution in [1.29, 1.82) is 0 Å². The summed E-state index contributed by atoms with van der Waals surface area (Å²) >= 11 is 0. The molecule has 1 amide bonds. The van der Waals surface area contributed by atoms with Crippen LogP contribution in [0.15, 0.2) is 48.8 Å². The average Bonchev–Trinajstić information content (AvgIpc) is 2.38. The van der Waals surface area contributed by atoms with E-state index in [9.17, 15) is 4.79 Å². The average molecular weight is 241 g/mol. The smallest absolute Gasteiger partial charge is 0.221 e. The van der Waals surface area contributed by atoms with Crippen LogP contribution in [0, 0.1) is 0 Å². The Balaban J connectivity index is 1.92. The van der Waals surface area contributed by atoms with Gasteiger partial charge in [0, 0.05) is 37.2 Å². The van der Waals surface area contributed by atoms with E-state index in [0.717, 1.165) is 23.5 Å². The van der Waals surface area contributed by atoms with Crippen LogP contribution >= 0.6 is 0 Å². The minimum Gasteiger partial charge on any atom is -0.381 e. The molecule has 0 unspecified atom stereocenters. The van der Waals surface area contributed by atoms with Crippen molar-refractivity contribution in [3.05, 3.63) is 54.4 Å². The molecule has 4 nitrogen and oxygen atoms in total. The van der Waals surface area contributed by atoms with E-state index in [2.05, 4.69) is 15.6 Å². The van der Waals surface area contributed by atoms with Crippen LogP contribution < -0.4 is 10.6 Å². The molecule has 0 atom stereocenters. The summed E-state index contributed by atoms with van der Waals surface area (Å²) in [6.45, 7) is 2.22. The summed E-state index contributed by atoms with van der Waals surface area (Å²) in [6, 6.07) is 11.5. The van der Waals surface area contributed by atoms with Crippen molar-refractivity contribution >= 4 is 17.3 Å². The highest BCUT2D eigenvalue weighted by Gasteiger charge is 1.96. The van der Waals surface area contributed by atoms with Gasteiger partial charge >= 0.3 is 0 Å². The lowest BCUT2D eigenvalue weighted by Crippen LogP contribution is -2.05. The number of carbonyl (C=O) groups is 1. The molecule has 0 radical (unpaired) electrons. The zero-order valence-electron chi connectivity index (χ0n) is 10.2. The number of hydrogen-bond acceptors (Lipinski definition) is 3. The maximum atomic E-state index is 10.9. The maximum Gasteiger partial charge on any atom is 0.221 e. The molecule has 0 fully saturated rings. The zero-order chi connectivity index (χ0) is 12.8. The van der Waals surface area contributed by atoms with Crippen LogP contribution in [0.3, 0.4) is 0 Å². The molecule has 2 N–H and O–H groups in total. The van der Waals surface area contributed by atoms with Crippen LogP contribution in [-0.2, 0) is 11.3 Å². The van der Waals surface area contributed by atoms with Gasteiger partial charge in [-0.1, -0.05) is 6.07 Å². The summed E-state index contributed by atoms with van der Waals surface area (Å²) < 4.78 is 0. The fourth-order valence-corrected chi connectivity index (χ4v) is 1.58. The van der Waals surface area contributed by atoms with E-state index < -0.39 is 0 Å². The zero-order valence-corrected chi connectivity index (χ0v) is 10.2. The second-order valence-corrected chi connectivity index (χ2v) is 3.97. The molecule has 0 saturated carbocycles. The van der Waals surface area contributed by atoms with Gasteiger partial charge in [0.2, 0.25) is 5.91 Å². The van der Waals surface area contributed by atoms with Crippen molar-refractivity contribution in [2.45, 2.75) is 13.5 Å². The fourth-order valence-electron chi connectivity index (χ4n) is 1.58. The van der Waals surface area contributed by atoms with Crippen molar-refractivity contribution in [3.63, 3.8) is 0 Å². The Morgan fingerprint density at radius 1 is 1.17 bits per heavy atom. The number of rotatable bonds is 4. The molecule has 1 aromatic carbocycles. The molecular formula is C14H15N3O. The Labute approximate surface area is 106 Å². The third-order valence-corrected chi connectivity index (χ3v) is 2.42. The van der Waals surface area contributed by atoms with E-state index in [4.69, 9.17) is 0 Å². The fraction of sp³-hybridized carbons (Fsp3) is 0.143. The van der Waals surface area contributed by atoms with Crippen molar-refractivity contribution in [1.82, 2.24) is 4.98 Å². The van der Waals surface area contributed by atoms with E-state index in [1.807, 2.05) is 42.6 Å². The molecule has 18 heavy (non-hydrogen) atoms. The van der Waals surface area contributed by atoms with Crippen molar-refractivity contribution in [2.75, 3.05) is 10.6 Å². The van der Waals surface area contributed by atoms with Crippen molar-refractivity contribution in [3.8, 4) is 0 Å². The van der Waals surface area contributed by atoms with Crippen LogP contribution in [0.25, 0.3) is 0 Å². The lowest BCUT2D eigenvalue weighted by molar-refractivity contribution is -0.114. The minimum absolute atomic E-state index is 0.0638. The second-order valence-electron chi connectivity index (χ2n) is 3.97.